The monoisotopic (exact) mass is 256 g/mol. The lowest BCUT2D eigenvalue weighted by Crippen LogP contribution is -2.29. The van der Waals surface area contributed by atoms with Crippen molar-refractivity contribution in [1.82, 2.24) is 4.72 Å². The average Bonchev–Trinajstić information content (AvgIpc) is 2.31. The zero-order valence-corrected chi connectivity index (χ0v) is 11.1. The molecular weight excluding hydrogens is 236 g/mol. The third-order valence-corrected chi connectivity index (χ3v) is 4.35. The molecular formula is C12H20N2O2S. The maximum Gasteiger partial charge on any atom is 0.240 e. The van der Waals surface area contributed by atoms with Crippen LogP contribution in [0.25, 0.3) is 0 Å². The van der Waals surface area contributed by atoms with Crippen molar-refractivity contribution in [1.29, 1.82) is 0 Å². The highest BCUT2D eigenvalue weighted by Gasteiger charge is 2.15. The summed E-state index contributed by atoms with van der Waals surface area (Å²) in [5.74, 6) is 0.388. The third-order valence-electron chi connectivity index (χ3n) is 2.91. The standard InChI is InChI=1S/C12H20N2O2S/c1-3-10(4-2)9-14-17(15,16)12-7-5-11(13)6-8-12/h5-8,10,14H,3-4,9,13H2,1-2H3. The van der Waals surface area contributed by atoms with Crippen LogP contribution in [0.15, 0.2) is 29.2 Å². The van der Waals surface area contributed by atoms with Gasteiger partial charge in [-0.25, -0.2) is 13.1 Å². The van der Waals surface area contributed by atoms with Gasteiger partial charge in [-0.2, -0.15) is 0 Å². The average molecular weight is 256 g/mol. The topological polar surface area (TPSA) is 72.2 Å². The van der Waals surface area contributed by atoms with Crippen molar-refractivity contribution in [3.63, 3.8) is 0 Å². The summed E-state index contributed by atoms with van der Waals surface area (Å²) in [6.07, 6.45) is 1.95. The third kappa shape index (κ3) is 4.02. The van der Waals surface area contributed by atoms with E-state index in [2.05, 4.69) is 18.6 Å². The van der Waals surface area contributed by atoms with Gasteiger partial charge in [-0.1, -0.05) is 26.7 Å². The Morgan fingerprint density at radius 2 is 1.71 bits per heavy atom. The Morgan fingerprint density at radius 1 is 1.18 bits per heavy atom. The van der Waals surface area contributed by atoms with Crippen LogP contribution in [0, 0.1) is 5.92 Å². The molecule has 1 aromatic carbocycles. The molecule has 0 aliphatic carbocycles. The zero-order valence-electron chi connectivity index (χ0n) is 10.3. The van der Waals surface area contributed by atoms with E-state index in [0.717, 1.165) is 12.8 Å². The molecule has 4 nitrogen and oxygen atoms in total. The smallest absolute Gasteiger partial charge is 0.240 e. The lowest BCUT2D eigenvalue weighted by atomic mass is 10.0. The maximum atomic E-state index is 11.9. The number of benzene rings is 1. The second kappa shape index (κ2) is 6.02. The van der Waals surface area contributed by atoms with Gasteiger partial charge in [0.15, 0.2) is 0 Å². The molecule has 1 rings (SSSR count). The Hall–Kier alpha value is -1.07. The minimum atomic E-state index is -3.40. The number of anilines is 1. The molecule has 0 aromatic heterocycles. The highest BCUT2D eigenvalue weighted by Crippen LogP contribution is 2.13. The summed E-state index contributed by atoms with van der Waals surface area (Å²) in [5.41, 5.74) is 6.08. The van der Waals surface area contributed by atoms with Crippen LogP contribution in [-0.2, 0) is 10.0 Å². The van der Waals surface area contributed by atoms with E-state index in [1.807, 2.05) is 0 Å². The molecule has 0 aliphatic heterocycles. The Bertz CT molecular complexity index is 436. The molecule has 5 heteroatoms. The molecule has 0 spiro atoms. The predicted molar refractivity (Wildman–Crippen MR) is 70.1 cm³/mol. The summed E-state index contributed by atoms with van der Waals surface area (Å²) in [7, 11) is -3.40. The van der Waals surface area contributed by atoms with E-state index in [0.29, 0.717) is 18.2 Å². The number of hydrogen-bond donors (Lipinski definition) is 2. The van der Waals surface area contributed by atoms with Gasteiger partial charge in [-0.3, -0.25) is 0 Å². The van der Waals surface area contributed by atoms with E-state index in [1.54, 1.807) is 12.1 Å². The van der Waals surface area contributed by atoms with Crippen molar-refractivity contribution in [3.05, 3.63) is 24.3 Å². The lowest BCUT2D eigenvalue weighted by molar-refractivity contribution is 0.479. The van der Waals surface area contributed by atoms with Crippen LogP contribution in [0.2, 0.25) is 0 Å². The normalized spacial score (nSPS) is 11.9. The number of nitrogens with two attached hydrogens (primary N) is 1. The summed E-state index contributed by atoms with van der Waals surface area (Å²) < 4.78 is 26.5. The summed E-state index contributed by atoms with van der Waals surface area (Å²) in [6, 6.07) is 6.21. The first-order valence-electron chi connectivity index (χ1n) is 5.84. The van der Waals surface area contributed by atoms with Crippen molar-refractivity contribution >= 4 is 15.7 Å². The molecule has 0 aliphatic rings. The van der Waals surface area contributed by atoms with Crippen molar-refractivity contribution in [2.24, 2.45) is 5.92 Å². The van der Waals surface area contributed by atoms with Gasteiger partial charge in [0.05, 0.1) is 4.90 Å². The van der Waals surface area contributed by atoms with Gasteiger partial charge in [-0.15, -0.1) is 0 Å². The van der Waals surface area contributed by atoms with E-state index in [9.17, 15) is 8.42 Å². The minimum absolute atomic E-state index is 0.262. The lowest BCUT2D eigenvalue weighted by Gasteiger charge is -2.13. The van der Waals surface area contributed by atoms with E-state index in [1.165, 1.54) is 12.1 Å². The van der Waals surface area contributed by atoms with Crippen LogP contribution in [-0.4, -0.2) is 15.0 Å². The number of sulfonamides is 1. The maximum absolute atomic E-state index is 11.9. The molecule has 1 aromatic rings. The molecule has 0 saturated carbocycles. The van der Waals surface area contributed by atoms with Crippen molar-refractivity contribution in [3.8, 4) is 0 Å². The fraction of sp³-hybridized carbons (Fsp3) is 0.500. The van der Waals surface area contributed by atoms with Gasteiger partial charge in [0.25, 0.3) is 0 Å². The molecule has 0 atom stereocenters. The number of nitrogen functional groups attached to an aromatic ring is 1. The molecule has 0 saturated heterocycles. The van der Waals surface area contributed by atoms with Crippen molar-refractivity contribution in [2.45, 2.75) is 31.6 Å². The Morgan fingerprint density at radius 3 is 2.18 bits per heavy atom. The largest absolute Gasteiger partial charge is 0.399 e. The molecule has 0 bridgehead atoms. The molecule has 0 amide bonds. The highest BCUT2D eigenvalue weighted by atomic mass is 32.2. The van der Waals surface area contributed by atoms with Gasteiger partial charge < -0.3 is 5.73 Å². The Balaban J connectivity index is 2.72. The van der Waals surface area contributed by atoms with Gasteiger partial charge in [0.2, 0.25) is 10.0 Å². The summed E-state index contributed by atoms with van der Waals surface area (Å²) in [5, 5.41) is 0. The number of nitrogens with one attached hydrogen (secondary N) is 1. The van der Waals surface area contributed by atoms with Gasteiger partial charge in [0.1, 0.15) is 0 Å². The van der Waals surface area contributed by atoms with E-state index in [-0.39, 0.29) is 4.90 Å². The second-order valence-corrected chi connectivity index (χ2v) is 5.87. The number of rotatable bonds is 6. The fourth-order valence-electron chi connectivity index (χ4n) is 1.54. The number of hydrogen-bond acceptors (Lipinski definition) is 3. The summed E-state index contributed by atoms with van der Waals surface area (Å²) in [4.78, 5) is 0.262. The zero-order chi connectivity index (χ0) is 12.9. The first-order chi connectivity index (χ1) is 7.99. The van der Waals surface area contributed by atoms with Crippen LogP contribution in [0.4, 0.5) is 5.69 Å². The van der Waals surface area contributed by atoms with Crippen LogP contribution in [0.5, 0.6) is 0 Å². The van der Waals surface area contributed by atoms with E-state index in [4.69, 9.17) is 5.73 Å². The predicted octanol–water partition coefficient (Wildman–Crippen LogP) is 1.98. The molecule has 0 heterocycles. The van der Waals surface area contributed by atoms with Crippen LogP contribution in [0.1, 0.15) is 26.7 Å². The first kappa shape index (κ1) is 14.0. The molecule has 0 radical (unpaired) electrons. The molecule has 17 heavy (non-hydrogen) atoms. The molecule has 0 fully saturated rings. The van der Waals surface area contributed by atoms with Crippen molar-refractivity contribution < 1.29 is 8.42 Å². The molecule has 3 N–H and O–H groups in total. The second-order valence-electron chi connectivity index (χ2n) is 4.10. The van der Waals surface area contributed by atoms with E-state index >= 15 is 0 Å². The van der Waals surface area contributed by atoms with Gasteiger partial charge in [0, 0.05) is 12.2 Å². The fourth-order valence-corrected chi connectivity index (χ4v) is 2.65. The minimum Gasteiger partial charge on any atom is -0.399 e. The molecule has 96 valence electrons. The SMILES string of the molecule is CCC(CC)CNS(=O)(=O)c1ccc(N)cc1. The van der Waals surface area contributed by atoms with Crippen molar-refractivity contribution in [2.75, 3.05) is 12.3 Å². The van der Waals surface area contributed by atoms with E-state index < -0.39 is 10.0 Å². The van der Waals surface area contributed by atoms with Gasteiger partial charge in [-0.05, 0) is 30.2 Å². The highest BCUT2D eigenvalue weighted by molar-refractivity contribution is 7.89. The van der Waals surface area contributed by atoms with Gasteiger partial charge >= 0.3 is 0 Å². The van der Waals surface area contributed by atoms with Crippen LogP contribution < -0.4 is 10.5 Å². The van der Waals surface area contributed by atoms with Crippen LogP contribution in [0.3, 0.4) is 0 Å². The summed E-state index contributed by atoms with van der Waals surface area (Å²) in [6.45, 7) is 4.61. The molecule has 0 unspecified atom stereocenters. The Labute approximate surface area is 103 Å². The Kier molecular flexibility index (Phi) is 4.96. The first-order valence-corrected chi connectivity index (χ1v) is 7.33. The summed E-state index contributed by atoms with van der Waals surface area (Å²) >= 11 is 0. The quantitative estimate of drug-likeness (QED) is 0.764. The van der Waals surface area contributed by atoms with Crippen LogP contribution >= 0.6 is 0 Å².